The van der Waals surface area contributed by atoms with Gasteiger partial charge in [-0.1, -0.05) is 15.9 Å². The molecule has 3 nitrogen and oxygen atoms in total. The molecule has 0 bridgehead atoms. The number of hydrogen-bond acceptors (Lipinski definition) is 2. The van der Waals surface area contributed by atoms with Crippen LogP contribution in [-0.4, -0.2) is 38.9 Å². The van der Waals surface area contributed by atoms with Gasteiger partial charge in [-0.3, -0.25) is 0 Å². The van der Waals surface area contributed by atoms with E-state index in [2.05, 4.69) is 51.3 Å². The van der Waals surface area contributed by atoms with Gasteiger partial charge in [0.15, 0.2) is 0 Å². The van der Waals surface area contributed by atoms with Crippen molar-refractivity contribution in [1.82, 2.24) is 14.5 Å². The molecule has 0 N–H and O–H groups in total. The minimum absolute atomic E-state index is 0.610. The molecular weight excluding hydrogens is 266 g/mol. The molecule has 0 saturated carbocycles. The zero-order chi connectivity index (χ0) is 12.0. The van der Waals surface area contributed by atoms with Gasteiger partial charge in [0, 0.05) is 43.8 Å². The van der Waals surface area contributed by atoms with Gasteiger partial charge in [0.2, 0.25) is 0 Å². The summed E-state index contributed by atoms with van der Waals surface area (Å²) in [5.74, 6) is 1.17. The molecule has 1 heterocycles. The second kappa shape index (κ2) is 7.07. The predicted molar refractivity (Wildman–Crippen MR) is 72.0 cm³/mol. The van der Waals surface area contributed by atoms with Crippen LogP contribution in [0.3, 0.4) is 0 Å². The molecule has 4 heteroatoms. The smallest absolute Gasteiger partial charge is 0.109 e. The summed E-state index contributed by atoms with van der Waals surface area (Å²) in [6.07, 6.45) is 6.11. The molecule has 0 spiro atoms. The Morgan fingerprint density at radius 2 is 2.19 bits per heavy atom. The van der Waals surface area contributed by atoms with E-state index in [1.54, 1.807) is 0 Å². The number of rotatable bonds is 7. The molecule has 1 aromatic rings. The van der Waals surface area contributed by atoms with Crippen LogP contribution in [0.1, 0.15) is 26.1 Å². The average Bonchev–Trinajstić information content (AvgIpc) is 2.64. The minimum atomic E-state index is 0.610. The summed E-state index contributed by atoms with van der Waals surface area (Å²) < 4.78 is 2.10. The quantitative estimate of drug-likeness (QED) is 0.719. The molecule has 0 unspecified atom stereocenters. The summed E-state index contributed by atoms with van der Waals surface area (Å²) in [7, 11) is 2.06. The first-order valence-corrected chi connectivity index (χ1v) is 7.03. The van der Waals surface area contributed by atoms with Crippen LogP contribution in [0.2, 0.25) is 0 Å². The first-order valence-electron chi connectivity index (χ1n) is 5.91. The summed E-state index contributed by atoms with van der Waals surface area (Å²) in [5.41, 5.74) is 0. The Morgan fingerprint density at radius 3 is 2.69 bits per heavy atom. The standard InChI is InChI=1S/C12H22BrN3/c1-11(2)16(8-4-6-13)9-5-12-14-7-10-15(12)3/h7,10-11H,4-6,8-9H2,1-3H3. The van der Waals surface area contributed by atoms with Crippen molar-refractivity contribution < 1.29 is 0 Å². The van der Waals surface area contributed by atoms with Gasteiger partial charge >= 0.3 is 0 Å². The molecule has 0 aliphatic carbocycles. The van der Waals surface area contributed by atoms with E-state index in [0.717, 1.165) is 24.8 Å². The third kappa shape index (κ3) is 4.26. The lowest BCUT2D eigenvalue weighted by molar-refractivity contribution is 0.224. The van der Waals surface area contributed by atoms with Gasteiger partial charge in [-0.2, -0.15) is 0 Å². The maximum atomic E-state index is 4.35. The molecule has 92 valence electrons. The largest absolute Gasteiger partial charge is 0.338 e. The molecule has 0 amide bonds. The molecule has 16 heavy (non-hydrogen) atoms. The predicted octanol–water partition coefficient (Wildman–Crippen LogP) is 2.46. The highest BCUT2D eigenvalue weighted by molar-refractivity contribution is 9.09. The van der Waals surface area contributed by atoms with Crippen molar-refractivity contribution in [2.45, 2.75) is 32.7 Å². The Bertz CT molecular complexity index is 296. The van der Waals surface area contributed by atoms with Crippen LogP contribution in [0.15, 0.2) is 12.4 Å². The molecule has 0 fully saturated rings. The van der Waals surface area contributed by atoms with Crippen molar-refractivity contribution >= 4 is 15.9 Å². The third-order valence-corrected chi connectivity index (χ3v) is 3.41. The van der Waals surface area contributed by atoms with Crippen molar-refractivity contribution in [3.63, 3.8) is 0 Å². The molecule has 0 saturated heterocycles. The fourth-order valence-electron chi connectivity index (χ4n) is 1.77. The molecule has 1 rings (SSSR count). The maximum Gasteiger partial charge on any atom is 0.109 e. The Balaban J connectivity index is 2.40. The molecule has 0 atom stereocenters. The number of aryl methyl sites for hydroxylation is 1. The summed E-state index contributed by atoms with van der Waals surface area (Å²) in [4.78, 5) is 6.86. The fourth-order valence-corrected chi connectivity index (χ4v) is 2.02. The first-order chi connectivity index (χ1) is 7.65. The number of hydrogen-bond donors (Lipinski definition) is 0. The van der Waals surface area contributed by atoms with Crippen LogP contribution < -0.4 is 0 Å². The van der Waals surface area contributed by atoms with Gasteiger partial charge in [0.25, 0.3) is 0 Å². The van der Waals surface area contributed by atoms with E-state index in [1.807, 2.05) is 12.4 Å². The van der Waals surface area contributed by atoms with Crippen molar-refractivity contribution in [1.29, 1.82) is 0 Å². The zero-order valence-electron chi connectivity index (χ0n) is 10.5. The van der Waals surface area contributed by atoms with Crippen molar-refractivity contribution in [2.75, 3.05) is 18.4 Å². The van der Waals surface area contributed by atoms with Crippen LogP contribution in [0, 0.1) is 0 Å². The number of aromatic nitrogens is 2. The fraction of sp³-hybridized carbons (Fsp3) is 0.750. The van der Waals surface area contributed by atoms with Gasteiger partial charge in [0.1, 0.15) is 5.82 Å². The Labute approximate surface area is 107 Å². The van der Waals surface area contributed by atoms with E-state index < -0.39 is 0 Å². The van der Waals surface area contributed by atoms with Crippen molar-refractivity contribution in [3.8, 4) is 0 Å². The molecule has 0 aromatic carbocycles. The van der Waals surface area contributed by atoms with E-state index in [0.29, 0.717) is 6.04 Å². The second-order valence-electron chi connectivity index (χ2n) is 4.38. The van der Waals surface area contributed by atoms with Crippen LogP contribution in [-0.2, 0) is 13.5 Å². The number of nitrogens with zero attached hydrogens (tertiary/aromatic N) is 3. The Morgan fingerprint density at radius 1 is 1.44 bits per heavy atom. The lowest BCUT2D eigenvalue weighted by Crippen LogP contribution is -2.34. The van der Waals surface area contributed by atoms with E-state index in [1.165, 1.54) is 12.2 Å². The Hall–Kier alpha value is -0.350. The van der Waals surface area contributed by atoms with E-state index in [9.17, 15) is 0 Å². The van der Waals surface area contributed by atoms with E-state index in [4.69, 9.17) is 0 Å². The molecule has 0 radical (unpaired) electrons. The van der Waals surface area contributed by atoms with Gasteiger partial charge < -0.3 is 9.47 Å². The zero-order valence-corrected chi connectivity index (χ0v) is 12.1. The monoisotopic (exact) mass is 287 g/mol. The summed E-state index contributed by atoms with van der Waals surface area (Å²) in [6.45, 7) is 6.77. The summed E-state index contributed by atoms with van der Waals surface area (Å²) in [6, 6.07) is 0.610. The highest BCUT2D eigenvalue weighted by Gasteiger charge is 2.10. The second-order valence-corrected chi connectivity index (χ2v) is 5.17. The van der Waals surface area contributed by atoms with Gasteiger partial charge in [-0.05, 0) is 26.8 Å². The van der Waals surface area contributed by atoms with Crippen LogP contribution >= 0.6 is 15.9 Å². The van der Waals surface area contributed by atoms with Crippen LogP contribution in [0.4, 0.5) is 0 Å². The van der Waals surface area contributed by atoms with Crippen LogP contribution in [0.25, 0.3) is 0 Å². The topological polar surface area (TPSA) is 21.1 Å². The maximum absolute atomic E-state index is 4.35. The van der Waals surface area contributed by atoms with E-state index in [-0.39, 0.29) is 0 Å². The van der Waals surface area contributed by atoms with E-state index >= 15 is 0 Å². The number of alkyl halides is 1. The van der Waals surface area contributed by atoms with Crippen molar-refractivity contribution in [3.05, 3.63) is 18.2 Å². The normalized spacial score (nSPS) is 11.6. The molecular formula is C12H22BrN3. The molecule has 0 aliphatic heterocycles. The van der Waals surface area contributed by atoms with Crippen LogP contribution in [0.5, 0.6) is 0 Å². The number of imidazole rings is 1. The average molecular weight is 288 g/mol. The first kappa shape index (κ1) is 13.7. The van der Waals surface area contributed by atoms with Gasteiger partial charge in [0.05, 0.1) is 0 Å². The minimum Gasteiger partial charge on any atom is -0.338 e. The summed E-state index contributed by atoms with van der Waals surface area (Å²) in [5, 5.41) is 1.08. The Kier molecular flexibility index (Phi) is 6.06. The molecule has 1 aromatic heterocycles. The van der Waals surface area contributed by atoms with Crippen molar-refractivity contribution in [2.24, 2.45) is 7.05 Å². The SMILES string of the molecule is CC(C)N(CCCBr)CCc1nccn1C. The lowest BCUT2D eigenvalue weighted by atomic mass is 10.2. The highest BCUT2D eigenvalue weighted by Crippen LogP contribution is 2.04. The van der Waals surface area contributed by atoms with Gasteiger partial charge in [-0.15, -0.1) is 0 Å². The summed E-state index contributed by atoms with van der Waals surface area (Å²) >= 11 is 3.49. The third-order valence-electron chi connectivity index (χ3n) is 2.85. The van der Waals surface area contributed by atoms with Gasteiger partial charge in [-0.25, -0.2) is 4.98 Å². The molecule has 0 aliphatic rings. The highest BCUT2D eigenvalue weighted by atomic mass is 79.9. The lowest BCUT2D eigenvalue weighted by Gasteiger charge is -2.25. The number of halogens is 1.